The first-order valence-electron chi connectivity index (χ1n) is 9.71. The second-order valence-electron chi connectivity index (χ2n) is 7.06. The van der Waals surface area contributed by atoms with E-state index >= 15 is 0 Å². The Morgan fingerprint density at radius 3 is 3.03 bits per heavy atom. The summed E-state index contributed by atoms with van der Waals surface area (Å²) in [6.45, 7) is 0.356. The van der Waals surface area contributed by atoms with Crippen LogP contribution in [-0.2, 0) is 4.79 Å². The molecule has 8 nitrogen and oxygen atoms in total. The van der Waals surface area contributed by atoms with Crippen LogP contribution in [-0.4, -0.2) is 32.3 Å². The number of aromatic amines is 1. The van der Waals surface area contributed by atoms with Gasteiger partial charge >= 0.3 is 0 Å². The van der Waals surface area contributed by atoms with Gasteiger partial charge in [0.05, 0.1) is 23.9 Å². The molecule has 3 heterocycles. The summed E-state index contributed by atoms with van der Waals surface area (Å²) in [5.41, 5.74) is 2.93. The number of para-hydroxylation sites is 2. The Morgan fingerprint density at radius 1 is 1.25 bits per heavy atom. The molecule has 32 heavy (non-hydrogen) atoms. The van der Waals surface area contributed by atoms with Crippen molar-refractivity contribution in [2.75, 3.05) is 11.9 Å². The van der Waals surface area contributed by atoms with Crippen molar-refractivity contribution < 1.29 is 9.53 Å². The van der Waals surface area contributed by atoms with Crippen LogP contribution in [0.2, 0.25) is 5.02 Å². The predicted octanol–water partition coefficient (Wildman–Crippen LogP) is 3.73. The standard InChI is InChI=1S/C23H16ClN5O3/c24-16-6-7-20-15(10-16)9-14(12-32-20)5-8-21(30)28-18-3-1-2-4-19(18)29-22-17(11-27-29)23(31)26-13-25-22/h1-11,13H,12H2,(H,28,30)(H,25,26,31)/b8-5+. The van der Waals surface area contributed by atoms with Gasteiger partial charge in [0, 0.05) is 16.7 Å². The van der Waals surface area contributed by atoms with Gasteiger partial charge in [0.2, 0.25) is 5.91 Å². The largest absolute Gasteiger partial charge is 0.488 e. The van der Waals surface area contributed by atoms with Gasteiger partial charge in [-0.15, -0.1) is 0 Å². The number of aromatic nitrogens is 4. The highest BCUT2D eigenvalue weighted by Crippen LogP contribution is 2.29. The highest BCUT2D eigenvalue weighted by molar-refractivity contribution is 6.30. The summed E-state index contributed by atoms with van der Waals surface area (Å²) in [4.78, 5) is 31.3. The van der Waals surface area contributed by atoms with E-state index in [1.165, 1.54) is 23.3 Å². The molecule has 0 saturated carbocycles. The zero-order valence-corrected chi connectivity index (χ0v) is 17.3. The molecule has 0 fully saturated rings. The van der Waals surface area contributed by atoms with Crippen LogP contribution in [0.5, 0.6) is 5.75 Å². The Hall–Kier alpha value is -4.17. The molecule has 4 aromatic rings. The Balaban J connectivity index is 1.39. The molecule has 1 amide bonds. The van der Waals surface area contributed by atoms with Crippen LogP contribution in [0.25, 0.3) is 22.8 Å². The van der Waals surface area contributed by atoms with E-state index in [9.17, 15) is 9.59 Å². The monoisotopic (exact) mass is 445 g/mol. The average Bonchev–Trinajstić information content (AvgIpc) is 3.23. The number of carbonyl (C=O) groups excluding carboxylic acids is 1. The first-order valence-corrected chi connectivity index (χ1v) is 10.1. The van der Waals surface area contributed by atoms with Crippen LogP contribution < -0.4 is 15.6 Å². The van der Waals surface area contributed by atoms with Crippen molar-refractivity contribution in [2.45, 2.75) is 0 Å². The number of anilines is 1. The number of halogens is 1. The topological polar surface area (TPSA) is 102 Å². The maximum absolute atomic E-state index is 12.6. The van der Waals surface area contributed by atoms with Gasteiger partial charge in [-0.3, -0.25) is 9.59 Å². The Kier molecular flexibility index (Phi) is 5.04. The number of amides is 1. The zero-order valence-electron chi connectivity index (χ0n) is 16.6. The zero-order chi connectivity index (χ0) is 22.1. The Bertz CT molecular complexity index is 1470. The fourth-order valence-electron chi connectivity index (χ4n) is 3.42. The molecule has 0 saturated heterocycles. The summed E-state index contributed by atoms with van der Waals surface area (Å²) in [6.07, 6.45) is 7.83. The number of hydrogen-bond acceptors (Lipinski definition) is 5. The molecule has 0 bridgehead atoms. The first-order chi connectivity index (χ1) is 15.6. The van der Waals surface area contributed by atoms with Crippen molar-refractivity contribution in [1.29, 1.82) is 0 Å². The third-order valence-corrected chi connectivity index (χ3v) is 5.15. The van der Waals surface area contributed by atoms with Crippen LogP contribution in [0.15, 0.2) is 77.5 Å². The van der Waals surface area contributed by atoms with Gasteiger partial charge < -0.3 is 15.0 Å². The summed E-state index contributed by atoms with van der Waals surface area (Å²) in [5, 5.41) is 8.10. The maximum atomic E-state index is 12.6. The lowest BCUT2D eigenvalue weighted by Gasteiger charge is -2.16. The number of fused-ring (bicyclic) bond motifs is 2. The maximum Gasteiger partial charge on any atom is 0.261 e. The van der Waals surface area contributed by atoms with E-state index in [1.807, 2.05) is 24.3 Å². The minimum absolute atomic E-state index is 0.281. The van der Waals surface area contributed by atoms with Gasteiger partial charge in [-0.05, 0) is 42.0 Å². The molecule has 9 heteroatoms. The third-order valence-electron chi connectivity index (χ3n) is 4.92. The third kappa shape index (κ3) is 3.79. The summed E-state index contributed by atoms with van der Waals surface area (Å²) >= 11 is 6.05. The molecule has 0 spiro atoms. The van der Waals surface area contributed by atoms with E-state index in [4.69, 9.17) is 16.3 Å². The molecule has 2 aromatic carbocycles. The number of nitrogens with zero attached hydrogens (tertiary/aromatic N) is 3. The Morgan fingerprint density at radius 2 is 2.12 bits per heavy atom. The second kappa shape index (κ2) is 8.16. The molecular weight excluding hydrogens is 430 g/mol. The van der Waals surface area contributed by atoms with Gasteiger partial charge in [-0.25, -0.2) is 9.67 Å². The van der Waals surface area contributed by atoms with E-state index in [0.29, 0.717) is 34.0 Å². The van der Waals surface area contributed by atoms with Crippen molar-refractivity contribution in [1.82, 2.24) is 19.7 Å². The molecule has 158 valence electrons. The molecular formula is C23H16ClN5O3. The smallest absolute Gasteiger partial charge is 0.261 e. The van der Waals surface area contributed by atoms with E-state index in [-0.39, 0.29) is 11.5 Å². The van der Waals surface area contributed by atoms with Crippen LogP contribution in [0.3, 0.4) is 0 Å². The van der Waals surface area contributed by atoms with Crippen LogP contribution >= 0.6 is 11.6 Å². The number of carbonyl (C=O) groups is 1. The predicted molar refractivity (Wildman–Crippen MR) is 122 cm³/mol. The van der Waals surface area contributed by atoms with Crippen molar-refractivity contribution >= 4 is 40.3 Å². The van der Waals surface area contributed by atoms with Crippen molar-refractivity contribution in [3.63, 3.8) is 0 Å². The second-order valence-corrected chi connectivity index (χ2v) is 7.49. The number of benzene rings is 2. The number of H-pyrrole nitrogens is 1. The minimum atomic E-state index is -0.322. The van der Waals surface area contributed by atoms with Gasteiger partial charge in [0.1, 0.15) is 17.7 Å². The quantitative estimate of drug-likeness (QED) is 0.466. The Labute approximate surface area is 186 Å². The van der Waals surface area contributed by atoms with E-state index in [1.54, 1.807) is 30.3 Å². The van der Waals surface area contributed by atoms with Gasteiger partial charge in [-0.1, -0.05) is 29.8 Å². The average molecular weight is 446 g/mol. The number of hydrogen-bond donors (Lipinski definition) is 2. The lowest BCUT2D eigenvalue weighted by atomic mass is 10.1. The van der Waals surface area contributed by atoms with Crippen LogP contribution in [0, 0.1) is 0 Å². The van der Waals surface area contributed by atoms with Crippen LogP contribution in [0.1, 0.15) is 5.56 Å². The molecule has 2 N–H and O–H groups in total. The fourth-order valence-corrected chi connectivity index (χ4v) is 3.60. The summed E-state index contributed by atoms with van der Waals surface area (Å²) in [6, 6.07) is 12.6. The van der Waals surface area contributed by atoms with Gasteiger partial charge in [0.15, 0.2) is 5.65 Å². The molecule has 1 aliphatic rings. The van der Waals surface area contributed by atoms with Crippen molar-refractivity contribution in [3.8, 4) is 11.4 Å². The van der Waals surface area contributed by atoms with E-state index in [2.05, 4.69) is 20.4 Å². The lowest BCUT2D eigenvalue weighted by molar-refractivity contribution is -0.111. The van der Waals surface area contributed by atoms with E-state index < -0.39 is 0 Å². The van der Waals surface area contributed by atoms with Gasteiger partial charge in [0.25, 0.3) is 5.56 Å². The molecule has 5 rings (SSSR count). The van der Waals surface area contributed by atoms with Gasteiger partial charge in [-0.2, -0.15) is 5.10 Å². The summed E-state index contributed by atoms with van der Waals surface area (Å²) in [7, 11) is 0. The lowest BCUT2D eigenvalue weighted by Crippen LogP contribution is -2.12. The van der Waals surface area contributed by atoms with Crippen molar-refractivity contribution in [2.24, 2.45) is 0 Å². The normalized spacial score (nSPS) is 13.0. The fraction of sp³-hybridized carbons (Fsp3) is 0.0435. The highest BCUT2D eigenvalue weighted by atomic mass is 35.5. The number of rotatable bonds is 4. The minimum Gasteiger partial charge on any atom is -0.488 e. The first kappa shape index (κ1) is 19.8. The van der Waals surface area contributed by atoms with Crippen molar-refractivity contribution in [3.05, 3.63) is 93.7 Å². The summed E-state index contributed by atoms with van der Waals surface area (Å²) in [5.74, 6) is 0.432. The molecule has 2 aromatic heterocycles. The molecule has 0 atom stereocenters. The molecule has 0 radical (unpaired) electrons. The summed E-state index contributed by atoms with van der Waals surface area (Å²) < 4.78 is 7.22. The SMILES string of the molecule is O=C(/C=C/C1=Cc2cc(Cl)ccc2OC1)Nc1ccccc1-n1ncc2c(=O)[nH]cnc21. The highest BCUT2D eigenvalue weighted by Gasteiger charge is 2.14. The van der Waals surface area contributed by atoms with Crippen LogP contribution in [0.4, 0.5) is 5.69 Å². The molecule has 0 aliphatic carbocycles. The molecule has 1 aliphatic heterocycles. The number of nitrogens with one attached hydrogen (secondary N) is 2. The number of ether oxygens (including phenoxy) is 1. The molecule has 0 unspecified atom stereocenters. The van der Waals surface area contributed by atoms with E-state index in [0.717, 1.165) is 16.9 Å².